The molecule has 7 heteroatoms. The third kappa shape index (κ3) is 2.17. The van der Waals surface area contributed by atoms with E-state index in [1.807, 2.05) is 0 Å². The zero-order valence-electron chi connectivity index (χ0n) is 9.93. The van der Waals surface area contributed by atoms with Crippen molar-refractivity contribution < 1.29 is 9.72 Å². The molecule has 0 radical (unpaired) electrons. The van der Waals surface area contributed by atoms with Crippen molar-refractivity contribution in [1.29, 1.82) is 0 Å². The van der Waals surface area contributed by atoms with Gasteiger partial charge in [-0.2, -0.15) is 0 Å². The van der Waals surface area contributed by atoms with Crippen LogP contribution in [0.2, 0.25) is 5.02 Å². The molecule has 1 aliphatic heterocycles. The Morgan fingerprint density at radius 1 is 1.42 bits per heavy atom. The van der Waals surface area contributed by atoms with Crippen molar-refractivity contribution in [2.45, 2.75) is 6.04 Å². The van der Waals surface area contributed by atoms with Gasteiger partial charge in [0.2, 0.25) is 0 Å². The van der Waals surface area contributed by atoms with Gasteiger partial charge in [0, 0.05) is 30.2 Å². The largest absolute Gasteiger partial charge is 0.348 e. The highest BCUT2D eigenvalue weighted by Crippen LogP contribution is 2.41. The number of benzene rings is 1. The molecule has 1 heterocycles. The maximum atomic E-state index is 12.1. The van der Waals surface area contributed by atoms with Gasteiger partial charge in [0.1, 0.15) is 5.56 Å². The number of rotatable bonds is 3. The predicted octanol–water partition coefficient (Wildman–Crippen LogP) is 1.20. The minimum atomic E-state index is -0.569. The van der Waals surface area contributed by atoms with Crippen molar-refractivity contribution in [3.8, 4) is 0 Å². The van der Waals surface area contributed by atoms with Crippen LogP contribution in [0.4, 0.5) is 5.69 Å². The molecule has 2 aliphatic rings. The van der Waals surface area contributed by atoms with Gasteiger partial charge in [-0.25, -0.2) is 0 Å². The number of amides is 1. The van der Waals surface area contributed by atoms with Crippen LogP contribution in [0.1, 0.15) is 10.4 Å². The van der Waals surface area contributed by atoms with E-state index in [4.69, 9.17) is 11.6 Å². The maximum absolute atomic E-state index is 12.1. The summed E-state index contributed by atoms with van der Waals surface area (Å²) in [6.07, 6.45) is 0. The third-order valence-electron chi connectivity index (χ3n) is 3.79. The topological polar surface area (TPSA) is 84.3 Å². The molecule has 3 rings (SSSR count). The lowest BCUT2D eigenvalue weighted by Gasteiger charge is -2.08. The van der Waals surface area contributed by atoms with Crippen LogP contribution < -0.4 is 10.6 Å². The van der Waals surface area contributed by atoms with Gasteiger partial charge in [-0.3, -0.25) is 14.9 Å². The van der Waals surface area contributed by atoms with E-state index in [1.165, 1.54) is 18.2 Å². The first-order valence-corrected chi connectivity index (χ1v) is 6.41. The van der Waals surface area contributed by atoms with Crippen LogP contribution in [0.25, 0.3) is 0 Å². The van der Waals surface area contributed by atoms with E-state index in [9.17, 15) is 14.9 Å². The zero-order chi connectivity index (χ0) is 13.6. The molecule has 1 saturated carbocycles. The van der Waals surface area contributed by atoms with Crippen molar-refractivity contribution in [1.82, 2.24) is 10.6 Å². The molecule has 6 nitrogen and oxygen atoms in total. The smallest absolute Gasteiger partial charge is 0.282 e. The van der Waals surface area contributed by atoms with Crippen molar-refractivity contribution in [3.05, 3.63) is 38.9 Å². The molecule has 1 saturated heterocycles. The van der Waals surface area contributed by atoms with E-state index >= 15 is 0 Å². The summed E-state index contributed by atoms with van der Waals surface area (Å²) in [5.74, 6) is 0.498. The summed E-state index contributed by atoms with van der Waals surface area (Å²) in [6.45, 7) is 1.79. The Hall–Kier alpha value is -1.66. The van der Waals surface area contributed by atoms with Crippen molar-refractivity contribution in [3.63, 3.8) is 0 Å². The Labute approximate surface area is 114 Å². The molecule has 0 bridgehead atoms. The molecule has 2 N–H and O–H groups in total. The summed E-state index contributed by atoms with van der Waals surface area (Å²) in [6, 6.07) is 4.14. The highest BCUT2D eigenvalue weighted by atomic mass is 35.5. The number of hydrogen-bond donors (Lipinski definition) is 2. The van der Waals surface area contributed by atoms with Crippen LogP contribution in [-0.2, 0) is 0 Å². The van der Waals surface area contributed by atoms with Crippen LogP contribution >= 0.6 is 11.6 Å². The molecule has 0 spiro atoms. The normalized spacial score (nSPS) is 27.7. The molecule has 100 valence electrons. The fourth-order valence-corrected chi connectivity index (χ4v) is 2.88. The second-order valence-electron chi connectivity index (χ2n) is 4.90. The van der Waals surface area contributed by atoms with Gasteiger partial charge in [-0.15, -0.1) is 0 Å². The number of carbonyl (C=O) groups is 1. The van der Waals surface area contributed by atoms with Gasteiger partial charge in [0.05, 0.1) is 4.92 Å². The van der Waals surface area contributed by atoms with Gasteiger partial charge < -0.3 is 10.6 Å². The van der Waals surface area contributed by atoms with Crippen LogP contribution in [-0.4, -0.2) is 30.0 Å². The summed E-state index contributed by atoms with van der Waals surface area (Å²) < 4.78 is 0. The number of nitro benzene ring substituents is 1. The Morgan fingerprint density at radius 3 is 2.74 bits per heavy atom. The van der Waals surface area contributed by atoms with Gasteiger partial charge in [0.15, 0.2) is 0 Å². The van der Waals surface area contributed by atoms with Crippen LogP contribution in [0.3, 0.4) is 0 Å². The van der Waals surface area contributed by atoms with Crippen LogP contribution in [0.5, 0.6) is 0 Å². The molecular weight excluding hydrogens is 270 g/mol. The molecule has 1 aliphatic carbocycles. The summed E-state index contributed by atoms with van der Waals surface area (Å²) in [5.41, 5.74) is -0.193. The fraction of sp³-hybridized carbons (Fsp3) is 0.417. The highest BCUT2D eigenvalue weighted by Gasteiger charge is 2.53. The number of fused-ring (bicyclic) bond motifs is 1. The highest BCUT2D eigenvalue weighted by molar-refractivity contribution is 6.31. The number of carbonyl (C=O) groups excluding carboxylic acids is 1. The average molecular weight is 282 g/mol. The average Bonchev–Trinajstić information content (AvgIpc) is 2.82. The molecule has 1 aromatic rings. The first-order valence-electron chi connectivity index (χ1n) is 6.03. The number of nitro groups is 1. The Bertz CT molecular complexity index is 553. The van der Waals surface area contributed by atoms with E-state index < -0.39 is 10.8 Å². The first kappa shape index (κ1) is 12.4. The summed E-state index contributed by atoms with van der Waals surface area (Å²) in [5, 5.41) is 17.3. The fourth-order valence-electron chi connectivity index (χ4n) is 2.71. The van der Waals surface area contributed by atoms with Crippen LogP contribution in [0.15, 0.2) is 18.2 Å². The SMILES string of the molecule is O=C(NC1C2CNCC21)c1cc(Cl)ccc1[N+](=O)[O-]. The van der Waals surface area contributed by atoms with Gasteiger partial charge >= 0.3 is 0 Å². The lowest BCUT2D eigenvalue weighted by molar-refractivity contribution is -0.385. The van der Waals surface area contributed by atoms with Gasteiger partial charge in [-0.1, -0.05) is 11.6 Å². The Balaban J connectivity index is 1.79. The maximum Gasteiger partial charge on any atom is 0.282 e. The molecule has 0 aromatic heterocycles. The molecule has 1 amide bonds. The molecular formula is C12H12ClN3O3. The van der Waals surface area contributed by atoms with E-state index in [2.05, 4.69) is 10.6 Å². The summed E-state index contributed by atoms with van der Waals surface area (Å²) in [4.78, 5) is 22.4. The lowest BCUT2D eigenvalue weighted by Crippen LogP contribution is -2.32. The Morgan fingerprint density at radius 2 is 2.11 bits per heavy atom. The first-order chi connectivity index (χ1) is 9.08. The quantitative estimate of drug-likeness (QED) is 0.644. The number of nitrogens with one attached hydrogen (secondary N) is 2. The summed E-state index contributed by atoms with van der Waals surface area (Å²) >= 11 is 5.80. The van der Waals surface area contributed by atoms with E-state index in [0.717, 1.165) is 13.1 Å². The monoisotopic (exact) mass is 281 g/mol. The second kappa shape index (κ2) is 4.47. The molecule has 2 atom stereocenters. The standard InChI is InChI=1S/C12H12ClN3O3/c13-6-1-2-10(16(18)19)7(3-6)12(17)15-11-8-4-14-5-9(8)11/h1-3,8-9,11,14H,4-5H2,(H,15,17). The number of piperidine rings is 1. The van der Waals surface area contributed by atoms with Gasteiger partial charge in [0.25, 0.3) is 11.6 Å². The van der Waals surface area contributed by atoms with Crippen molar-refractivity contribution in [2.75, 3.05) is 13.1 Å². The molecule has 1 aromatic carbocycles. The van der Waals surface area contributed by atoms with Gasteiger partial charge in [-0.05, 0) is 24.0 Å². The molecule has 2 fully saturated rings. The van der Waals surface area contributed by atoms with Crippen molar-refractivity contribution >= 4 is 23.2 Å². The molecule has 2 unspecified atom stereocenters. The van der Waals surface area contributed by atoms with E-state index in [0.29, 0.717) is 16.9 Å². The minimum Gasteiger partial charge on any atom is -0.348 e. The Kier molecular flexibility index (Phi) is 2.91. The van der Waals surface area contributed by atoms with E-state index in [-0.39, 0.29) is 17.3 Å². The lowest BCUT2D eigenvalue weighted by atomic mass is 10.1. The minimum absolute atomic E-state index is 0.0235. The van der Waals surface area contributed by atoms with E-state index in [1.54, 1.807) is 0 Å². The third-order valence-corrected chi connectivity index (χ3v) is 4.02. The second-order valence-corrected chi connectivity index (χ2v) is 5.34. The number of hydrogen-bond acceptors (Lipinski definition) is 4. The zero-order valence-corrected chi connectivity index (χ0v) is 10.7. The van der Waals surface area contributed by atoms with Crippen molar-refractivity contribution in [2.24, 2.45) is 11.8 Å². The van der Waals surface area contributed by atoms with Crippen LogP contribution in [0, 0.1) is 22.0 Å². The summed E-state index contributed by atoms with van der Waals surface area (Å²) in [7, 11) is 0. The number of halogens is 1. The number of nitrogens with zero attached hydrogens (tertiary/aromatic N) is 1. The molecule has 19 heavy (non-hydrogen) atoms. The predicted molar refractivity (Wildman–Crippen MR) is 69.2 cm³/mol.